The summed E-state index contributed by atoms with van der Waals surface area (Å²) < 4.78 is 43.3. The summed E-state index contributed by atoms with van der Waals surface area (Å²) in [5.41, 5.74) is -0.0857. The van der Waals surface area contributed by atoms with E-state index >= 15 is 0 Å². The fourth-order valence-corrected chi connectivity index (χ4v) is 2.70. The quantitative estimate of drug-likeness (QED) is 0.768. The normalized spacial score (nSPS) is 11.0. The average Bonchev–Trinajstić information content (AvgIpc) is 2.50. The highest BCUT2D eigenvalue weighted by atomic mass is 35.5. The number of amides is 1. The van der Waals surface area contributed by atoms with Gasteiger partial charge in [0.25, 0.3) is 5.91 Å². The molecule has 0 atom stereocenters. The summed E-state index contributed by atoms with van der Waals surface area (Å²) in [4.78, 5) is 11.9. The molecule has 0 saturated carbocycles. The van der Waals surface area contributed by atoms with Gasteiger partial charge in [0.2, 0.25) is 10.0 Å². The molecular weight excluding hydrogens is 394 g/mol. The first-order valence-electron chi connectivity index (χ1n) is 6.79. The van der Waals surface area contributed by atoms with Crippen LogP contribution >= 0.6 is 23.2 Å². The number of anilines is 2. The molecule has 25 heavy (non-hydrogen) atoms. The molecule has 0 aromatic heterocycles. The highest BCUT2D eigenvalue weighted by molar-refractivity contribution is 7.92. The van der Waals surface area contributed by atoms with Crippen molar-refractivity contribution in [2.24, 2.45) is 0 Å². The predicted octanol–water partition coefficient (Wildman–Crippen LogP) is 3.52. The van der Waals surface area contributed by atoms with Crippen molar-refractivity contribution in [2.75, 3.05) is 22.9 Å². The number of sulfonamides is 1. The standard InChI is InChI=1S/C15H13Cl2FN2O4S/c1-25(22,23)20-13-7-10(3-5-12(13)18)19-15(21)8-24-14-6-9(16)2-4-11(14)17/h2-7,20H,8H2,1H3,(H,19,21). The molecule has 2 rings (SSSR count). The first kappa shape index (κ1) is 19.3. The number of halogens is 3. The van der Waals surface area contributed by atoms with Crippen molar-refractivity contribution in [3.8, 4) is 5.75 Å². The molecule has 2 aromatic rings. The van der Waals surface area contributed by atoms with Crippen LogP contribution in [0.25, 0.3) is 0 Å². The highest BCUT2D eigenvalue weighted by Crippen LogP contribution is 2.27. The fourth-order valence-electron chi connectivity index (χ4n) is 1.81. The summed E-state index contributed by atoms with van der Waals surface area (Å²) in [5, 5.41) is 3.15. The molecule has 0 fully saturated rings. The van der Waals surface area contributed by atoms with Gasteiger partial charge in [-0.1, -0.05) is 23.2 Å². The van der Waals surface area contributed by atoms with Gasteiger partial charge in [0.1, 0.15) is 11.6 Å². The topological polar surface area (TPSA) is 84.5 Å². The molecule has 0 bridgehead atoms. The van der Waals surface area contributed by atoms with Gasteiger partial charge >= 0.3 is 0 Å². The number of carbonyl (C=O) groups is 1. The van der Waals surface area contributed by atoms with Crippen LogP contribution in [-0.4, -0.2) is 27.2 Å². The van der Waals surface area contributed by atoms with Gasteiger partial charge in [-0.2, -0.15) is 0 Å². The molecule has 0 aliphatic rings. The average molecular weight is 407 g/mol. The second-order valence-corrected chi connectivity index (χ2v) is 7.57. The van der Waals surface area contributed by atoms with E-state index in [2.05, 4.69) is 5.32 Å². The zero-order valence-corrected chi connectivity index (χ0v) is 15.2. The summed E-state index contributed by atoms with van der Waals surface area (Å²) in [6.07, 6.45) is 0.889. The lowest BCUT2D eigenvalue weighted by Gasteiger charge is -2.11. The molecule has 6 nitrogen and oxygen atoms in total. The fraction of sp³-hybridized carbons (Fsp3) is 0.133. The Labute approximate surface area is 153 Å². The zero-order valence-electron chi connectivity index (χ0n) is 12.8. The van der Waals surface area contributed by atoms with Crippen LogP contribution in [0.3, 0.4) is 0 Å². The van der Waals surface area contributed by atoms with E-state index in [4.69, 9.17) is 27.9 Å². The minimum absolute atomic E-state index is 0.193. The Morgan fingerprint density at radius 3 is 2.60 bits per heavy atom. The van der Waals surface area contributed by atoms with Gasteiger partial charge in [0.05, 0.1) is 17.0 Å². The van der Waals surface area contributed by atoms with Crippen LogP contribution in [0.5, 0.6) is 5.75 Å². The van der Waals surface area contributed by atoms with E-state index in [1.165, 1.54) is 18.2 Å². The van der Waals surface area contributed by atoms with Gasteiger partial charge in [-0.25, -0.2) is 12.8 Å². The van der Waals surface area contributed by atoms with E-state index < -0.39 is 21.7 Å². The maximum Gasteiger partial charge on any atom is 0.262 e. The van der Waals surface area contributed by atoms with Crippen molar-refractivity contribution >= 4 is 50.5 Å². The summed E-state index contributed by atoms with van der Waals surface area (Å²) in [6.45, 7) is -0.369. The maximum atomic E-state index is 13.6. The van der Waals surface area contributed by atoms with E-state index in [0.29, 0.717) is 10.0 Å². The van der Waals surface area contributed by atoms with E-state index in [0.717, 1.165) is 18.4 Å². The Bertz CT molecular complexity index is 906. The van der Waals surface area contributed by atoms with Gasteiger partial charge in [-0.15, -0.1) is 0 Å². The molecule has 1 amide bonds. The summed E-state index contributed by atoms with van der Waals surface area (Å²) in [7, 11) is -3.65. The molecule has 0 saturated heterocycles. The Hall–Kier alpha value is -2.03. The van der Waals surface area contributed by atoms with Crippen molar-refractivity contribution in [2.45, 2.75) is 0 Å². The summed E-state index contributed by atoms with van der Waals surface area (Å²) in [5.74, 6) is -1.08. The number of hydrogen-bond acceptors (Lipinski definition) is 4. The summed E-state index contributed by atoms with van der Waals surface area (Å²) in [6, 6.07) is 8.03. The van der Waals surface area contributed by atoms with Crippen molar-refractivity contribution in [3.05, 3.63) is 52.3 Å². The van der Waals surface area contributed by atoms with E-state index in [1.54, 1.807) is 6.07 Å². The van der Waals surface area contributed by atoms with Gasteiger partial charge in [0.15, 0.2) is 6.61 Å². The predicted molar refractivity (Wildman–Crippen MR) is 95.5 cm³/mol. The Morgan fingerprint density at radius 2 is 1.92 bits per heavy atom. The lowest BCUT2D eigenvalue weighted by atomic mass is 10.2. The Kier molecular flexibility index (Phi) is 6.10. The van der Waals surface area contributed by atoms with Gasteiger partial charge in [-0.05, 0) is 30.3 Å². The van der Waals surface area contributed by atoms with Crippen molar-refractivity contribution in [3.63, 3.8) is 0 Å². The van der Waals surface area contributed by atoms with Crippen molar-refractivity contribution in [1.29, 1.82) is 0 Å². The molecule has 10 heteroatoms. The van der Waals surface area contributed by atoms with Gasteiger partial charge in [-0.3, -0.25) is 9.52 Å². The number of nitrogens with one attached hydrogen (secondary N) is 2. The van der Waals surface area contributed by atoms with Crippen LogP contribution in [0.1, 0.15) is 0 Å². The number of ether oxygens (including phenoxy) is 1. The first-order valence-corrected chi connectivity index (χ1v) is 9.44. The first-order chi connectivity index (χ1) is 11.6. The Balaban J connectivity index is 2.03. The van der Waals surface area contributed by atoms with E-state index in [-0.39, 0.29) is 23.7 Å². The molecule has 0 aliphatic heterocycles. The van der Waals surface area contributed by atoms with Gasteiger partial charge in [0, 0.05) is 16.8 Å². The van der Waals surface area contributed by atoms with Crippen LogP contribution in [0.15, 0.2) is 36.4 Å². The largest absolute Gasteiger partial charge is 0.482 e. The number of rotatable bonds is 6. The SMILES string of the molecule is CS(=O)(=O)Nc1cc(NC(=O)COc2cc(Cl)ccc2Cl)ccc1F. The molecule has 0 radical (unpaired) electrons. The van der Waals surface area contributed by atoms with Crippen LogP contribution in [-0.2, 0) is 14.8 Å². The molecule has 0 spiro atoms. The minimum atomic E-state index is -3.65. The monoisotopic (exact) mass is 406 g/mol. The highest BCUT2D eigenvalue weighted by Gasteiger charge is 2.11. The number of benzene rings is 2. The maximum absolute atomic E-state index is 13.6. The third-order valence-corrected chi connectivity index (χ3v) is 3.94. The molecule has 0 heterocycles. The summed E-state index contributed by atoms with van der Waals surface area (Å²) >= 11 is 11.7. The minimum Gasteiger partial charge on any atom is -0.482 e. The van der Waals surface area contributed by atoms with E-state index in [9.17, 15) is 17.6 Å². The molecule has 2 aromatic carbocycles. The third kappa shape index (κ3) is 6.08. The molecule has 2 N–H and O–H groups in total. The van der Waals surface area contributed by atoms with E-state index in [1.807, 2.05) is 4.72 Å². The second-order valence-electron chi connectivity index (χ2n) is 4.98. The zero-order chi connectivity index (χ0) is 18.6. The molecule has 0 unspecified atom stereocenters. The Morgan fingerprint density at radius 1 is 1.20 bits per heavy atom. The van der Waals surface area contributed by atoms with Crippen LogP contribution in [0.2, 0.25) is 10.0 Å². The number of hydrogen-bond donors (Lipinski definition) is 2. The lowest BCUT2D eigenvalue weighted by molar-refractivity contribution is -0.118. The molecule has 0 aliphatic carbocycles. The van der Waals surface area contributed by atoms with Crippen molar-refractivity contribution in [1.82, 2.24) is 0 Å². The molecular formula is C15H13Cl2FN2O4S. The van der Waals surface area contributed by atoms with Gasteiger partial charge < -0.3 is 10.1 Å². The second kappa shape index (κ2) is 7.90. The molecule has 134 valence electrons. The smallest absolute Gasteiger partial charge is 0.262 e. The van der Waals surface area contributed by atoms with Crippen LogP contribution in [0, 0.1) is 5.82 Å². The third-order valence-electron chi connectivity index (χ3n) is 2.80. The number of carbonyl (C=O) groups excluding carboxylic acids is 1. The van der Waals surface area contributed by atoms with Crippen LogP contribution < -0.4 is 14.8 Å². The lowest BCUT2D eigenvalue weighted by Crippen LogP contribution is -2.20. The van der Waals surface area contributed by atoms with Crippen LogP contribution in [0.4, 0.5) is 15.8 Å². The van der Waals surface area contributed by atoms with Crippen molar-refractivity contribution < 1.29 is 22.3 Å².